The van der Waals surface area contributed by atoms with Gasteiger partial charge in [0.15, 0.2) is 0 Å². The van der Waals surface area contributed by atoms with Gasteiger partial charge in [0.05, 0.1) is 5.69 Å². The fourth-order valence-corrected chi connectivity index (χ4v) is 7.32. The van der Waals surface area contributed by atoms with Gasteiger partial charge < -0.3 is 4.90 Å². The van der Waals surface area contributed by atoms with Crippen LogP contribution in [0.4, 0.5) is 17.1 Å². The lowest BCUT2D eigenvalue weighted by Crippen LogP contribution is -2.11. The summed E-state index contributed by atoms with van der Waals surface area (Å²) < 4.78 is 0. The summed E-state index contributed by atoms with van der Waals surface area (Å²) in [5, 5.41) is 2.48. The Balaban J connectivity index is 1.14. The maximum absolute atomic E-state index is 2.40. The summed E-state index contributed by atoms with van der Waals surface area (Å²) >= 11 is 0. The largest absolute Gasteiger partial charge is 0.310 e. The van der Waals surface area contributed by atoms with Crippen molar-refractivity contribution < 1.29 is 0 Å². The summed E-state index contributed by atoms with van der Waals surface area (Å²) in [6, 6.07) is 80.9. The van der Waals surface area contributed by atoms with E-state index >= 15 is 0 Å². The van der Waals surface area contributed by atoms with E-state index in [0.717, 1.165) is 17.1 Å². The molecule has 0 fully saturated rings. The first-order valence-electron chi connectivity index (χ1n) is 18.2. The van der Waals surface area contributed by atoms with Crippen molar-refractivity contribution in [3.8, 4) is 55.6 Å². The van der Waals surface area contributed by atoms with E-state index in [0.29, 0.717) is 0 Å². The summed E-state index contributed by atoms with van der Waals surface area (Å²) in [7, 11) is 0. The van der Waals surface area contributed by atoms with Gasteiger partial charge in [-0.1, -0.05) is 182 Å². The van der Waals surface area contributed by atoms with Gasteiger partial charge in [-0.15, -0.1) is 0 Å². The number of para-hydroxylation sites is 1. The SMILES string of the molecule is c1ccc(-c2ccc(-c3ccc(N(c4cccc(-c5ccc6ccccc6c5)c4)c4ccccc4-c4cccc(-c5ccccc5)c4)cc3)cc2)cc1. The topological polar surface area (TPSA) is 3.24 Å². The van der Waals surface area contributed by atoms with Gasteiger partial charge in [0.2, 0.25) is 0 Å². The van der Waals surface area contributed by atoms with E-state index in [2.05, 4.69) is 229 Å². The van der Waals surface area contributed by atoms with Crippen LogP contribution in [0.25, 0.3) is 66.4 Å². The van der Waals surface area contributed by atoms with Crippen molar-refractivity contribution in [2.75, 3.05) is 4.90 Å². The number of hydrogen-bond acceptors (Lipinski definition) is 1. The number of anilines is 3. The Morgan fingerprint density at radius 2 is 0.679 bits per heavy atom. The molecular formula is C52H37N. The maximum atomic E-state index is 2.40. The predicted octanol–water partition coefficient (Wildman–Crippen LogP) is 14.6. The average Bonchev–Trinajstić information content (AvgIpc) is 3.25. The molecule has 0 spiro atoms. The Morgan fingerprint density at radius 3 is 1.38 bits per heavy atom. The highest BCUT2D eigenvalue weighted by Gasteiger charge is 2.18. The minimum atomic E-state index is 1.09. The van der Waals surface area contributed by atoms with Gasteiger partial charge in [-0.2, -0.15) is 0 Å². The van der Waals surface area contributed by atoms with Gasteiger partial charge in [-0.25, -0.2) is 0 Å². The summed E-state index contributed by atoms with van der Waals surface area (Å²) in [6.45, 7) is 0. The van der Waals surface area contributed by atoms with Gasteiger partial charge >= 0.3 is 0 Å². The first-order chi connectivity index (χ1) is 26.3. The van der Waals surface area contributed by atoms with Crippen molar-refractivity contribution >= 4 is 27.8 Å². The molecule has 0 unspecified atom stereocenters. The smallest absolute Gasteiger partial charge is 0.0540 e. The molecule has 0 aliphatic heterocycles. The molecule has 9 aromatic rings. The standard InChI is InChI=1S/C52H37N/c1-3-13-38(14-4-1)41-25-27-42(28-26-41)43-31-33-49(34-32-43)53(50-22-12-20-46(37-50)47-30-29-40-17-7-8-18-44(40)35-47)52-24-10-9-23-51(52)48-21-11-19-45(36-48)39-15-5-2-6-16-39/h1-37H. The number of rotatable bonds is 8. The highest BCUT2D eigenvalue weighted by Crippen LogP contribution is 2.43. The van der Waals surface area contributed by atoms with E-state index in [9.17, 15) is 0 Å². The van der Waals surface area contributed by atoms with Crippen molar-refractivity contribution in [1.29, 1.82) is 0 Å². The van der Waals surface area contributed by atoms with Crippen LogP contribution in [0, 0.1) is 0 Å². The zero-order valence-corrected chi connectivity index (χ0v) is 29.3. The van der Waals surface area contributed by atoms with Crippen LogP contribution in [0.2, 0.25) is 0 Å². The predicted molar refractivity (Wildman–Crippen MR) is 226 cm³/mol. The molecule has 0 N–H and O–H groups in total. The molecule has 0 atom stereocenters. The second-order valence-corrected chi connectivity index (χ2v) is 13.4. The van der Waals surface area contributed by atoms with Crippen LogP contribution in [-0.4, -0.2) is 0 Å². The Kier molecular flexibility index (Phi) is 8.66. The van der Waals surface area contributed by atoms with Crippen LogP contribution in [0.5, 0.6) is 0 Å². The average molecular weight is 676 g/mol. The first kappa shape index (κ1) is 32.0. The molecule has 250 valence electrons. The van der Waals surface area contributed by atoms with E-state index in [1.165, 1.54) is 66.4 Å². The molecule has 0 heterocycles. The van der Waals surface area contributed by atoms with Crippen molar-refractivity contribution in [3.63, 3.8) is 0 Å². The number of fused-ring (bicyclic) bond motifs is 1. The zero-order chi connectivity index (χ0) is 35.4. The Morgan fingerprint density at radius 1 is 0.226 bits per heavy atom. The van der Waals surface area contributed by atoms with Crippen molar-refractivity contribution in [3.05, 3.63) is 224 Å². The van der Waals surface area contributed by atoms with Crippen LogP contribution in [0.1, 0.15) is 0 Å². The number of nitrogens with zero attached hydrogens (tertiary/aromatic N) is 1. The molecule has 9 aromatic carbocycles. The molecule has 0 saturated heterocycles. The number of hydrogen-bond donors (Lipinski definition) is 0. The van der Waals surface area contributed by atoms with Gasteiger partial charge in [0, 0.05) is 16.9 Å². The van der Waals surface area contributed by atoms with Crippen molar-refractivity contribution in [2.45, 2.75) is 0 Å². The summed E-state index contributed by atoms with van der Waals surface area (Å²) in [5.41, 5.74) is 15.3. The molecule has 0 aliphatic carbocycles. The van der Waals surface area contributed by atoms with Gasteiger partial charge in [-0.05, 0) is 103 Å². The van der Waals surface area contributed by atoms with E-state index < -0.39 is 0 Å². The molecule has 1 heteroatoms. The Hall–Kier alpha value is -6.96. The van der Waals surface area contributed by atoms with Crippen LogP contribution >= 0.6 is 0 Å². The molecule has 0 bridgehead atoms. The van der Waals surface area contributed by atoms with E-state index in [1.54, 1.807) is 0 Å². The molecule has 53 heavy (non-hydrogen) atoms. The lowest BCUT2D eigenvalue weighted by Gasteiger charge is -2.28. The molecule has 0 radical (unpaired) electrons. The van der Waals surface area contributed by atoms with Crippen LogP contribution < -0.4 is 4.90 Å². The van der Waals surface area contributed by atoms with Crippen LogP contribution in [-0.2, 0) is 0 Å². The van der Waals surface area contributed by atoms with Crippen LogP contribution in [0.3, 0.4) is 0 Å². The van der Waals surface area contributed by atoms with E-state index in [-0.39, 0.29) is 0 Å². The normalized spacial score (nSPS) is 11.0. The highest BCUT2D eigenvalue weighted by molar-refractivity contribution is 5.92. The lowest BCUT2D eigenvalue weighted by molar-refractivity contribution is 1.28. The zero-order valence-electron chi connectivity index (χ0n) is 29.3. The quantitative estimate of drug-likeness (QED) is 0.155. The van der Waals surface area contributed by atoms with Crippen LogP contribution in [0.15, 0.2) is 224 Å². The molecule has 0 amide bonds. The third-order valence-electron chi connectivity index (χ3n) is 10.1. The number of benzene rings is 9. The second kappa shape index (κ2) is 14.3. The summed E-state index contributed by atoms with van der Waals surface area (Å²) in [5.74, 6) is 0. The molecular weight excluding hydrogens is 639 g/mol. The van der Waals surface area contributed by atoms with Gasteiger partial charge in [-0.3, -0.25) is 0 Å². The van der Waals surface area contributed by atoms with E-state index in [4.69, 9.17) is 0 Å². The molecule has 9 rings (SSSR count). The molecule has 0 saturated carbocycles. The van der Waals surface area contributed by atoms with Gasteiger partial charge in [0.1, 0.15) is 0 Å². The summed E-state index contributed by atoms with van der Waals surface area (Å²) in [6.07, 6.45) is 0. The monoisotopic (exact) mass is 675 g/mol. The lowest BCUT2D eigenvalue weighted by atomic mass is 9.96. The van der Waals surface area contributed by atoms with Crippen molar-refractivity contribution in [1.82, 2.24) is 0 Å². The minimum Gasteiger partial charge on any atom is -0.310 e. The Labute approximate surface area is 311 Å². The maximum Gasteiger partial charge on any atom is 0.0540 e. The van der Waals surface area contributed by atoms with E-state index in [1.807, 2.05) is 0 Å². The summed E-state index contributed by atoms with van der Waals surface area (Å²) in [4.78, 5) is 2.40. The second-order valence-electron chi connectivity index (χ2n) is 13.4. The first-order valence-corrected chi connectivity index (χ1v) is 18.2. The minimum absolute atomic E-state index is 1.09. The molecule has 1 nitrogen and oxygen atoms in total. The third-order valence-corrected chi connectivity index (χ3v) is 10.1. The van der Waals surface area contributed by atoms with Crippen molar-refractivity contribution in [2.24, 2.45) is 0 Å². The fraction of sp³-hybridized carbons (Fsp3) is 0. The molecule has 0 aliphatic rings. The Bertz CT molecular complexity index is 2640. The molecule has 0 aromatic heterocycles. The van der Waals surface area contributed by atoms with Gasteiger partial charge in [0.25, 0.3) is 0 Å². The highest BCUT2D eigenvalue weighted by atomic mass is 15.1. The third kappa shape index (κ3) is 6.65. The fourth-order valence-electron chi connectivity index (χ4n) is 7.32.